The third-order valence-electron chi connectivity index (χ3n) is 9.22. The number of nitrogens with zero attached hydrogens (tertiary/aromatic N) is 2. The second kappa shape index (κ2) is 12.9. The van der Waals surface area contributed by atoms with Crippen LogP contribution in [0.15, 0.2) is 188 Å². The normalized spacial score (nSPS) is 11.1. The average Bonchev–Trinajstić information content (AvgIpc) is 3.15. The van der Waals surface area contributed by atoms with Crippen molar-refractivity contribution in [1.29, 1.82) is 0 Å². The molecule has 0 aliphatic heterocycles. The van der Waals surface area contributed by atoms with Crippen molar-refractivity contribution in [3.63, 3.8) is 0 Å². The summed E-state index contributed by atoms with van der Waals surface area (Å²) in [6.07, 6.45) is 0.902. The van der Waals surface area contributed by atoms with E-state index in [1.165, 1.54) is 49.5 Å². The monoisotopic (exact) mass is 616 g/mol. The topological polar surface area (TPSA) is 6.48 Å². The average molecular weight is 617 g/mol. The summed E-state index contributed by atoms with van der Waals surface area (Å²) in [5, 5.41) is 5.05. The van der Waals surface area contributed by atoms with Crippen LogP contribution in [0.2, 0.25) is 0 Å². The maximum absolute atomic E-state index is 2.34. The molecule has 0 saturated carbocycles. The summed E-state index contributed by atoms with van der Waals surface area (Å²) in [5.74, 6) is 0. The number of benzene rings is 8. The zero-order valence-electron chi connectivity index (χ0n) is 27.0. The molecule has 0 amide bonds. The van der Waals surface area contributed by atoms with Crippen LogP contribution in [-0.2, 0) is 6.42 Å². The van der Waals surface area contributed by atoms with Crippen molar-refractivity contribution in [2.75, 3.05) is 16.8 Å². The minimum Gasteiger partial charge on any atom is -0.345 e. The van der Waals surface area contributed by atoms with E-state index in [4.69, 9.17) is 0 Å². The molecule has 0 atom stereocenters. The standard InChI is InChI=1S/C46H36N2/c1-47(45-28-23-40-31-38-14-8-9-15-39(38)32-41(40)33-45)42-24-19-36(20-25-42)37-21-26-44(27-22-37)48(43-16-6-3-7-17-43)46-18-10-13-35(30-46)29-34-11-4-2-5-12-34/h2-28,30-33H,29H2,1H3. The Morgan fingerprint density at radius 3 is 1.52 bits per heavy atom. The smallest absolute Gasteiger partial charge is 0.0464 e. The molecular formula is C46H36N2. The van der Waals surface area contributed by atoms with Crippen molar-refractivity contribution in [2.45, 2.75) is 6.42 Å². The van der Waals surface area contributed by atoms with Gasteiger partial charge in [-0.25, -0.2) is 0 Å². The Labute approximate surface area is 282 Å². The predicted octanol–water partition coefficient (Wildman–Crippen LogP) is 12.5. The molecule has 0 aromatic heterocycles. The van der Waals surface area contributed by atoms with Gasteiger partial charge < -0.3 is 9.80 Å². The van der Waals surface area contributed by atoms with E-state index in [-0.39, 0.29) is 0 Å². The molecule has 8 aromatic rings. The molecule has 0 radical (unpaired) electrons. The fourth-order valence-corrected chi connectivity index (χ4v) is 6.63. The molecule has 0 heterocycles. The van der Waals surface area contributed by atoms with E-state index < -0.39 is 0 Å². The lowest BCUT2D eigenvalue weighted by atomic mass is 10.0. The predicted molar refractivity (Wildman–Crippen MR) is 205 cm³/mol. The summed E-state index contributed by atoms with van der Waals surface area (Å²) in [6.45, 7) is 0. The fourth-order valence-electron chi connectivity index (χ4n) is 6.63. The van der Waals surface area contributed by atoms with E-state index in [0.717, 1.165) is 29.2 Å². The number of rotatable bonds is 8. The van der Waals surface area contributed by atoms with Gasteiger partial charge in [0.25, 0.3) is 0 Å². The molecule has 48 heavy (non-hydrogen) atoms. The van der Waals surface area contributed by atoms with Crippen LogP contribution < -0.4 is 9.80 Å². The van der Waals surface area contributed by atoms with Crippen LogP contribution in [0.1, 0.15) is 11.1 Å². The van der Waals surface area contributed by atoms with Gasteiger partial charge in [-0.2, -0.15) is 0 Å². The molecule has 2 heteroatoms. The van der Waals surface area contributed by atoms with E-state index in [1.54, 1.807) is 0 Å². The number of hydrogen-bond acceptors (Lipinski definition) is 2. The van der Waals surface area contributed by atoms with Gasteiger partial charge in [-0.3, -0.25) is 0 Å². The number of anilines is 5. The Balaban J connectivity index is 1.04. The minimum atomic E-state index is 0.902. The first-order chi connectivity index (χ1) is 23.7. The first-order valence-electron chi connectivity index (χ1n) is 16.5. The van der Waals surface area contributed by atoms with Gasteiger partial charge in [0.05, 0.1) is 0 Å². The second-order valence-electron chi connectivity index (χ2n) is 12.4. The summed E-state index contributed by atoms with van der Waals surface area (Å²) >= 11 is 0. The molecule has 230 valence electrons. The molecule has 0 bridgehead atoms. The van der Waals surface area contributed by atoms with Crippen molar-refractivity contribution in [2.24, 2.45) is 0 Å². The Morgan fingerprint density at radius 1 is 0.333 bits per heavy atom. The van der Waals surface area contributed by atoms with Crippen LogP contribution in [0.25, 0.3) is 32.7 Å². The SMILES string of the molecule is CN(c1ccc(-c2ccc(N(c3ccccc3)c3cccc(Cc4ccccc4)c3)cc2)cc1)c1ccc2cc3ccccc3cc2c1. The lowest BCUT2D eigenvalue weighted by molar-refractivity contribution is 1.18. The van der Waals surface area contributed by atoms with Crippen molar-refractivity contribution in [1.82, 2.24) is 0 Å². The molecule has 0 aliphatic carbocycles. The van der Waals surface area contributed by atoms with Gasteiger partial charge in [-0.05, 0) is 123 Å². The van der Waals surface area contributed by atoms with E-state index >= 15 is 0 Å². The summed E-state index contributed by atoms with van der Waals surface area (Å²) in [6, 6.07) is 67.8. The van der Waals surface area contributed by atoms with Crippen LogP contribution >= 0.6 is 0 Å². The van der Waals surface area contributed by atoms with Crippen molar-refractivity contribution in [3.05, 3.63) is 199 Å². The molecule has 8 aromatic carbocycles. The van der Waals surface area contributed by atoms with Crippen LogP contribution in [0.5, 0.6) is 0 Å². The van der Waals surface area contributed by atoms with Gasteiger partial charge in [-0.15, -0.1) is 0 Å². The van der Waals surface area contributed by atoms with Gasteiger partial charge in [0.2, 0.25) is 0 Å². The summed E-state index contributed by atoms with van der Waals surface area (Å²) in [5.41, 5.74) is 10.7. The van der Waals surface area contributed by atoms with Gasteiger partial charge in [0, 0.05) is 35.5 Å². The Kier molecular flexibility index (Phi) is 7.90. The summed E-state index contributed by atoms with van der Waals surface area (Å²) in [4.78, 5) is 4.59. The lowest BCUT2D eigenvalue weighted by Crippen LogP contribution is -2.10. The maximum atomic E-state index is 2.34. The Hall–Kier alpha value is -6.12. The van der Waals surface area contributed by atoms with Gasteiger partial charge in [0.15, 0.2) is 0 Å². The van der Waals surface area contributed by atoms with Gasteiger partial charge in [0.1, 0.15) is 0 Å². The first-order valence-corrected chi connectivity index (χ1v) is 16.5. The van der Waals surface area contributed by atoms with Crippen LogP contribution in [0.4, 0.5) is 28.4 Å². The molecule has 2 nitrogen and oxygen atoms in total. The van der Waals surface area contributed by atoms with Gasteiger partial charge in [-0.1, -0.05) is 115 Å². The third kappa shape index (κ3) is 6.04. The van der Waals surface area contributed by atoms with Crippen molar-refractivity contribution >= 4 is 50.0 Å². The highest BCUT2D eigenvalue weighted by Crippen LogP contribution is 2.37. The highest BCUT2D eigenvalue weighted by atomic mass is 15.1. The Bertz CT molecular complexity index is 2310. The minimum absolute atomic E-state index is 0.902. The zero-order valence-corrected chi connectivity index (χ0v) is 27.0. The molecule has 0 aliphatic rings. The second-order valence-corrected chi connectivity index (χ2v) is 12.4. The number of fused-ring (bicyclic) bond motifs is 2. The maximum Gasteiger partial charge on any atom is 0.0464 e. The van der Waals surface area contributed by atoms with Crippen LogP contribution in [-0.4, -0.2) is 7.05 Å². The van der Waals surface area contributed by atoms with Gasteiger partial charge >= 0.3 is 0 Å². The summed E-state index contributed by atoms with van der Waals surface area (Å²) < 4.78 is 0. The van der Waals surface area contributed by atoms with E-state index in [2.05, 4.69) is 205 Å². The van der Waals surface area contributed by atoms with Crippen LogP contribution in [0, 0.1) is 0 Å². The molecule has 0 saturated heterocycles. The molecule has 0 N–H and O–H groups in total. The largest absolute Gasteiger partial charge is 0.345 e. The zero-order chi connectivity index (χ0) is 32.3. The molecule has 0 fully saturated rings. The third-order valence-corrected chi connectivity index (χ3v) is 9.22. The molecule has 8 rings (SSSR count). The quantitative estimate of drug-likeness (QED) is 0.157. The number of para-hydroxylation sites is 1. The highest BCUT2D eigenvalue weighted by molar-refractivity contribution is 5.99. The molecule has 0 spiro atoms. The van der Waals surface area contributed by atoms with E-state index in [9.17, 15) is 0 Å². The summed E-state index contributed by atoms with van der Waals surface area (Å²) in [7, 11) is 2.14. The first kappa shape index (κ1) is 29.3. The molecular weight excluding hydrogens is 581 g/mol. The van der Waals surface area contributed by atoms with Crippen LogP contribution in [0.3, 0.4) is 0 Å². The van der Waals surface area contributed by atoms with Crippen molar-refractivity contribution in [3.8, 4) is 11.1 Å². The lowest BCUT2D eigenvalue weighted by Gasteiger charge is -2.26. The number of hydrogen-bond donors (Lipinski definition) is 0. The molecule has 0 unspecified atom stereocenters. The van der Waals surface area contributed by atoms with E-state index in [1.807, 2.05) is 0 Å². The fraction of sp³-hybridized carbons (Fsp3) is 0.0435. The Morgan fingerprint density at radius 2 is 0.833 bits per heavy atom. The van der Waals surface area contributed by atoms with Crippen molar-refractivity contribution < 1.29 is 0 Å². The van der Waals surface area contributed by atoms with E-state index in [0.29, 0.717) is 0 Å². The highest BCUT2D eigenvalue weighted by Gasteiger charge is 2.14.